The zero-order valence-corrected chi connectivity index (χ0v) is 14.1. The van der Waals surface area contributed by atoms with E-state index in [4.69, 9.17) is 11.6 Å². The lowest BCUT2D eigenvalue weighted by Crippen LogP contribution is -2.13. The lowest BCUT2D eigenvalue weighted by molar-refractivity contribution is 0.601. The third-order valence-electron chi connectivity index (χ3n) is 3.19. The highest BCUT2D eigenvalue weighted by atomic mass is 35.5. The maximum atomic E-state index is 12.3. The Bertz CT molecular complexity index is 912. The summed E-state index contributed by atoms with van der Waals surface area (Å²) in [7, 11) is -3.67. The molecular weight excluding hydrogens is 346 g/mol. The van der Waals surface area contributed by atoms with E-state index in [1.807, 2.05) is 30.3 Å². The summed E-state index contributed by atoms with van der Waals surface area (Å²) in [6, 6.07) is 18.9. The first-order chi connectivity index (χ1) is 11.5. The fraction of sp³-hybridized carbons (Fsp3) is 0. The van der Waals surface area contributed by atoms with Crippen LogP contribution in [0.15, 0.2) is 77.8 Å². The zero-order chi connectivity index (χ0) is 17.0. The van der Waals surface area contributed by atoms with Crippen LogP contribution in [0.4, 0.5) is 17.2 Å². The zero-order valence-electron chi connectivity index (χ0n) is 12.5. The predicted molar refractivity (Wildman–Crippen MR) is 96.2 cm³/mol. The van der Waals surface area contributed by atoms with E-state index in [2.05, 4.69) is 15.0 Å². The van der Waals surface area contributed by atoms with E-state index >= 15 is 0 Å². The number of hydrogen-bond donors (Lipinski definition) is 2. The third kappa shape index (κ3) is 4.04. The number of nitrogens with zero attached hydrogens (tertiary/aromatic N) is 1. The Morgan fingerprint density at radius 1 is 0.833 bits per heavy atom. The molecule has 122 valence electrons. The molecule has 7 heteroatoms. The lowest BCUT2D eigenvalue weighted by atomic mass is 10.3. The molecule has 0 aliphatic carbocycles. The van der Waals surface area contributed by atoms with Crippen LogP contribution < -0.4 is 10.0 Å². The van der Waals surface area contributed by atoms with Crippen molar-refractivity contribution in [3.05, 3.63) is 77.9 Å². The van der Waals surface area contributed by atoms with Crippen LogP contribution in [0.5, 0.6) is 0 Å². The van der Waals surface area contributed by atoms with Gasteiger partial charge in [-0.15, -0.1) is 0 Å². The Balaban J connectivity index is 1.73. The highest BCUT2D eigenvalue weighted by molar-refractivity contribution is 7.92. The number of nitrogens with one attached hydrogen (secondary N) is 2. The first kappa shape index (κ1) is 16.3. The number of rotatable bonds is 5. The summed E-state index contributed by atoms with van der Waals surface area (Å²) in [5.41, 5.74) is 1.28. The van der Waals surface area contributed by atoms with Gasteiger partial charge in [-0.3, -0.25) is 4.72 Å². The van der Waals surface area contributed by atoms with Crippen LogP contribution in [-0.2, 0) is 10.0 Å². The number of pyridine rings is 1. The number of anilines is 3. The molecule has 3 aromatic rings. The molecule has 0 spiro atoms. The van der Waals surface area contributed by atoms with Gasteiger partial charge in [0.25, 0.3) is 10.0 Å². The Morgan fingerprint density at radius 2 is 1.54 bits per heavy atom. The fourth-order valence-electron chi connectivity index (χ4n) is 2.03. The molecule has 1 aromatic heterocycles. The van der Waals surface area contributed by atoms with Crippen LogP contribution in [0.3, 0.4) is 0 Å². The standard InChI is InChI=1S/C17H14ClN3O2S/c18-13-6-9-16(10-7-13)24(22,23)21-15-8-11-17(19-12-15)20-14-4-2-1-3-5-14/h1-12,21H,(H,19,20). The van der Waals surface area contributed by atoms with Crippen molar-refractivity contribution in [1.29, 1.82) is 0 Å². The molecule has 0 unspecified atom stereocenters. The van der Waals surface area contributed by atoms with Crippen LogP contribution in [0.1, 0.15) is 0 Å². The number of benzene rings is 2. The molecule has 2 aromatic carbocycles. The van der Waals surface area contributed by atoms with Crippen LogP contribution in [-0.4, -0.2) is 13.4 Å². The summed E-state index contributed by atoms with van der Waals surface area (Å²) in [5.74, 6) is 0.621. The van der Waals surface area contributed by atoms with E-state index in [1.165, 1.54) is 30.5 Å². The van der Waals surface area contributed by atoms with Gasteiger partial charge in [-0.05, 0) is 48.5 Å². The number of para-hydroxylation sites is 1. The summed E-state index contributed by atoms with van der Waals surface area (Å²) in [6.07, 6.45) is 1.46. The molecule has 0 amide bonds. The molecule has 0 aliphatic rings. The second kappa shape index (κ2) is 6.90. The topological polar surface area (TPSA) is 71.1 Å². The summed E-state index contributed by atoms with van der Waals surface area (Å²) >= 11 is 5.77. The lowest BCUT2D eigenvalue weighted by Gasteiger charge is -2.09. The first-order valence-electron chi connectivity index (χ1n) is 7.09. The van der Waals surface area contributed by atoms with Crippen LogP contribution in [0.2, 0.25) is 5.02 Å². The Hall–Kier alpha value is -2.57. The van der Waals surface area contributed by atoms with Crippen LogP contribution >= 0.6 is 11.6 Å². The minimum absolute atomic E-state index is 0.137. The summed E-state index contributed by atoms with van der Waals surface area (Å²) in [4.78, 5) is 4.34. The van der Waals surface area contributed by atoms with Crippen molar-refractivity contribution in [3.63, 3.8) is 0 Å². The van der Waals surface area contributed by atoms with Crippen molar-refractivity contribution in [2.75, 3.05) is 10.0 Å². The first-order valence-corrected chi connectivity index (χ1v) is 8.95. The summed E-state index contributed by atoms with van der Waals surface area (Å²) in [5, 5.41) is 3.61. The monoisotopic (exact) mass is 359 g/mol. The van der Waals surface area contributed by atoms with Gasteiger partial charge in [0, 0.05) is 10.7 Å². The largest absolute Gasteiger partial charge is 0.340 e. The van der Waals surface area contributed by atoms with E-state index < -0.39 is 10.0 Å². The van der Waals surface area contributed by atoms with E-state index in [-0.39, 0.29) is 4.90 Å². The second-order valence-electron chi connectivity index (χ2n) is 4.98. The highest BCUT2D eigenvalue weighted by Crippen LogP contribution is 2.20. The Morgan fingerprint density at radius 3 is 2.17 bits per heavy atom. The van der Waals surface area contributed by atoms with Gasteiger partial charge >= 0.3 is 0 Å². The van der Waals surface area contributed by atoms with E-state index in [0.717, 1.165) is 5.69 Å². The molecule has 5 nitrogen and oxygen atoms in total. The molecule has 1 heterocycles. The van der Waals surface area contributed by atoms with E-state index in [0.29, 0.717) is 16.5 Å². The van der Waals surface area contributed by atoms with Crippen molar-refractivity contribution in [1.82, 2.24) is 4.98 Å². The molecule has 0 fully saturated rings. The minimum Gasteiger partial charge on any atom is -0.340 e. The maximum Gasteiger partial charge on any atom is 0.261 e. The van der Waals surface area contributed by atoms with E-state index in [1.54, 1.807) is 12.1 Å². The van der Waals surface area contributed by atoms with Crippen LogP contribution in [0.25, 0.3) is 0 Å². The molecule has 0 radical (unpaired) electrons. The molecule has 0 bridgehead atoms. The quantitative estimate of drug-likeness (QED) is 0.713. The predicted octanol–water partition coefficient (Wildman–Crippen LogP) is 4.28. The SMILES string of the molecule is O=S(=O)(Nc1ccc(Nc2ccccc2)nc1)c1ccc(Cl)cc1. The van der Waals surface area contributed by atoms with Gasteiger partial charge in [0.15, 0.2) is 0 Å². The van der Waals surface area contributed by atoms with E-state index in [9.17, 15) is 8.42 Å². The number of hydrogen-bond acceptors (Lipinski definition) is 4. The number of halogens is 1. The van der Waals surface area contributed by atoms with Gasteiger partial charge in [-0.2, -0.15) is 0 Å². The number of sulfonamides is 1. The smallest absolute Gasteiger partial charge is 0.261 e. The molecule has 24 heavy (non-hydrogen) atoms. The molecule has 0 saturated carbocycles. The fourth-order valence-corrected chi connectivity index (χ4v) is 3.19. The average Bonchev–Trinajstić information content (AvgIpc) is 2.58. The van der Waals surface area contributed by atoms with Gasteiger partial charge in [0.2, 0.25) is 0 Å². The molecule has 2 N–H and O–H groups in total. The summed E-state index contributed by atoms with van der Waals surface area (Å²) < 4.78 is 27.1. The van der Waals surface area contributed by atoms with Gasteiger partial charge in [0.1, 0.15) is 5.82 Å². The normalized spacial score (nSPS) is 11.0. The van der Waals surface area contributed by atoms with Crippen molar-refractivity contribution in [2.24, 2.45) is 0 Å². The molecule has 0 atom stereocenters. The van der Waals surface area contributed by atoms with Crippen molar-refractivity contribution >= 4 is 38.8 Å². The van der Waals surface area contributed by atoms with Crippen molar-refractivity contribution in [3.8, 4) is 0 Å². The van der Waals surface area contributed by atoms with Crippen molar-refractivity contribution < 1.29 is 8.42 Å². The molecular formula is C17H14ClN3O2S. The average molecular weight is 360 g/mol. The molecule has 0 aliphatic heterocycles. The Kier molecular flexibility index (Phi) is 4.69. The third-order valence-corrected chi connectivity index (χ3v) is 4.84. The number of aromatic nitrogens is 1. The molecule has 3 rings (SSSR count). The maximum absolute atomic E-state index is 12.3. The minimum atomic E-state index is -3.67. The second-order valence-corrected chi connectivity index (χ2v) is 7.10. The Labute approximate surface area is 145 Å². The van der Waals surface area contributed by atoms with Crippen LogP contribution in [0, 0.1) is 0 Å². The highest BCUT2D eigenvalue weighted by Gasteiger charge is 2.14. The van der Waals surface area contributed by atoms with Gasteiger partial charge in [-0.1, -0.05) is 29.8 Å². The summed E-state index contributed by atoms with van der Waals surface area (Å²) in [6.45, 7) is 0. The van der Waals surface area contributed by atoms with Crippen molar-refractivity contribution in [2.45, 2.75) is 4.90 Å². The molecule has 0 saturated heterocycles. The van der Waals surface area contributed by atoms with Gasteiger partial charge < -0.3 is 5.32 Å². The van der Waals surface area contributed by atoms with Gasteiger partial charge in [0.05, 0.1) is 16.8 Å². The van der Waals surface area contributed by atoms with Gasteiger partial charge in [-0.25, -0.2) is 13.4 Å².